The van der Waals surface area contributed by atoms with Crippen molar-refractivity contribution in [2.24, 2.45) is 0 Å². The molecule has 10 nitrogen and oxygen atoms in total. The summed E-state index contributed by atoms with van der Waals surface area (Å²) in [4.78, 5) is 22.9. The molecule has 0 fully saturated rings. The van der Waals surface area contributed by atoms with Gasteiger partial charge in [0.15, 0.2) is 6.10 Å². The summed E-state index contributed by atoms with van der Waals surface area (Å²) >= 11 is 0. The third-order valence-corrected chi connectivity index (χ3v) is 10.4. The fraction of sp³-hybridized carbons (Fsp3) is 0.841. The summed E-state index contributed by atoms with van der Waals surface area (Å²) in [6, 6.07) is 0. The van der Waals surface area contributed by atoms with Gasteiger partial charge in [-0.25, -0.2) is 4.57 Å². The van der Waals surface area contributed by atoms with Crippen molar-refractivity contribution >= 4 is 13.8 Å². The maximum Gasteiger partial charge on any atom is 0.472 e. The minimum absolute atomic E-state index is 0.00494. The molecule has 324 valence electrons. The topological polar surface area (TPSA) is 132 Å². The molecular formula is C44H85NO9P+. The molecule has 11 heteroatoms. The summed E-state index contributed by atoms with van der Waals surface area (Å²) in [5.41, 5.74) is 0. The van der Waals surface area contributed by atoms with Crippen LogP contribution in [0.3, 0.4) is 0 Å². The van der Waals surface area contributed by atoms with Gasteiger partial charge in [0.2, 0.25) is 0 Å². The molecule has 0 heterocycles. The lowest BCUT2D eigenvalue weighted by molar-refractivity contribution is -0.870. The maximum absolute atomic E-state index is 12.7. The van der Waals surface area contributed by atoms with Crippen molar-refractivity contribution in [1.29, 1.82) is 0 Å². The Hall–Kier alpha value is -1.52. The number of unbranched alkanes of at least 4 members (excludes halogenated alkanes) is 18. The summed E-state index contributed by atoms with van der Waals surface area (Å²) in [6.45, 7) is 4.67. The number of phosphoric acid groups is 1. The van der Waals surface area contributed by atoms with Gasteiger partial charge >= 0.3 is 13.8 Å². The standard InChI is InChI=1S/C44H84NO9P/c1-6-8-10-12-14-15-16-17-18-19-20-21-22-23-28-32-37-51-39-41(40-53-55(49,50)52-38-36-45(3,4)5)54-44(48)35-31-27-24-26-30-34-43(47)42(46)33-29-25-13-11-9-7-2/h17-18,25,29,32,37,41-43,46-47H,6-16,19-24,26-28,30-31,33-36,38-40H2,1-5H3/p+1/b18-17-,29-25-,37-32+/t41-,42+,43+/m1/s1. The smallest absolute Gasteiger partial charge is 0.472 e. The Morgan fingerprint density at radius 2 is 1.15 bits per heavy atom. The number of quaternary nitrogens is 1. The Bertz CT molecular complexity index is 1010. The van der Waals surface area contributed by atoms with Gasteiger partial charge in [0.25, 0.3) is 0 Å². The predicted octanol–water partition coefficient (Wildman–Crippen LogP) is 10.9. The number of allylic oxidation sites excluding steroid dienone is 4. The molecule has 0 saturated heterocycles. The summed E-state index contributed by atoms with van der Waals surface area (Å²) in [5, 5.41) is 20.5. The molecular weight excluding hydrogens is 717 g/mol. The molecule has 0 aromatic heterocycles. The van der Waals surface area contributed by atoms with Crippen LogP contribution in [0.1, 0.15) is 174 Å². The highest BCUT2D eigenvalue weighted by Gasteiger charge is 2.26. The molecule has 0 bridgehead atoms. The van der Waals surface area contributed by atoms with Gasteiger partial charge in [-0.15, -0.1) is 0 Å². The van der Waals surface area contributed by atoms with E-state index in [9.17, 15) is 24.5 Å². The fourth-order valence-electron chi connectivity index (χ4n) is 5.83. The van der Waals surface area contributed by atoms with Crippen LogP contribution < -0.4 is 0 Å². The van der Waals surface area contributed by atoms with E-state index in [4.69, 9.17) is 18.5 Å². The highest BCUT2D eigenvalue weighted by Crippen LogP contribution is 2.43. The van der Waals surface area contributed by atoms with Crippen LogP contribution in [-0.2, 0) is 27.9 Å². The third-order valence-electron chi connectivity index (χ3n) is 9.44. The predicted molar refractivity (Wildman–Crippen MR) is 227 cm³/mol. The van der Waals surface area contributed by atoms with E-state index in [0.29, 0.717) is 30.3 Å². The second kappa shape index (κ2) is 36.8. The number of rotatable bonds is 40. The van der Waals surface area contributed by atoms with Crippen molar-refractivity contribution in [3.8, 4) is 0 Å². The van der Waals surface area contributed by atoms with E-state index in [-0.39, 0.29) is 26.2 Å². The Morgan fingerprint density at radius 1 is 0.636 bits per heavy atom. The summed E-state index contributed by atoms with van der Waals surface area (Å²) < 4.78 is 34.6. The third kappa shape index (κ3) is 39.1. The zero-order chi connectivity index (χ0) is 40.9. The Labute approximate surface area is 337 Å². The highest BCUT2D eigenvalue weighted by atomic mass is 31.2. The summed E-state index contributed by atoms with van der Waals surface area (Å²) in [5.74, 6) is -0.418. The molecule has 4 atom stereocenters. The lowest BCUT2D eigenvalue weighted by Gasteiger charge is -2.24. The number of ether oxygens (including phenoxy) is 2. The minimum atomic E-state index is -4.33. The molecule has 1 unspecified atom stereocenters. The highest BCUT2D eigenvalue weighted by molar-refractivity contribution is 7.47. The van der Waals surface area contributed by atoms with Crippen molar-refractivity contribution in [3.05, 3.63) is 36.6 Å². The van der Waals surface area contributed by atoms with Gasteiger partial charge in [-0.3, -0.25) is 13.8 Å². The van der Waals surface area contributed by atoms with Gasteiger partial charge in [0, 0.05) is 6.42 Å². The van der Waals surface area contributed by atoms with Crippen molar-refractivity contribution in [2.45, 2.75) is 193 Å². The average Bonchev–Trinajstić information content (AvgIpc) is 3.13. The average molecular weight is 803 g/mol. The van der Waals surface area contributed by atoms with Crippen molar-refractivity contribution < 1.29 is 47.5 Å². The summed E-state index contributed by atoms with van der Waals surface area (Å²) in [6.07, 6.45) is 35.8. The lowest BCUT2D eigenvalue weighted by Crippen LogP contribution is -2.37. The zero-order valence-electron chi connectivity index (χ0n) is 35.9. The number of aliphatic hydroxyl groups excluding tert-OH is 2. The number of hydrogen-bond acceptors (Lipinski definition) is 8. The number of phosphoric ester groups is 1. The second-order valence-electron chi connectivity index (χ2n) is 16.1. The maximum atomic E-state index is 12.7. The fourth-order valence-corrected chi connectivity index (χ4v) is 6.57. The van der Waals surface area contributed by atoms with Crippen LogP contribution in [0.25, 0.3) is 0 Å². The molecule has 0 aliphatic carbocycles. The van der Waals surface area contributed by atoms with Crippen molar-refractivity contribution in [2.75, 3.05) is 47.5 Å². The first-order valence-corrected chi connectivity index (χ1v) is 23.4. The number of esters is 1. The van der Waals surface area contributed by atoms with Gasteiger partial charge < -0.3 is 29.1 Å². The SMILES string of the molecule is CCCCC/C=C\C[C@H](O)[C@@H](O)CCCCCCCC(=O)O[C@H](CO/C=C/CCCCCC/C=C\CCCCCCCC)COP(=O)(O)OCC[N+](C)(C)C. The number of carbonyl (C=O) groups is 1. The van der Waals surface area contributed by atoms with Crippen LogP contribution in [0.2, 0.25) is 0 Å². The van der Waals surface area contributed by atoms with E-state index in [1.165, 1.54) is 70.6 Å². The normalized spacial score (nSPS) is 15.2. The Kier molecular flexibility index (Phi) is 35.8. The number of aliphatic hydroxyl groups is 2. The van der Waals surface area contributed by atoms with Crippen LogP contribution >= 0.6 is 7.82 Å². The first-order chi connectivity index (χ1) is 26.4. The monoisotopic (exact) mass is 803 g/mol. The van der Waals surface area contributed by atoms with E-state index in [1.54, 1.807) is 6.26 Å². The van der Waals surface area contributed by atoms with Gasteiger partial charge in [-0.2, -0.15) is 0 Å². The molecule has 0 spiro atoms. The minimum Gasteiger partial charge on any atom is -0.498 e. The second-order valence-corrected chi connectivity index (χ2v) is 17.5. The number of hydrogen-bond donors (Lipinski definition) is 3. The quantitative estimate of drug-likeness (QED) is 0.0138. The lowest BCUT2D eigenvalue weighted by atomic mass is 10.0. The summed E-state index contributed by atoms with van der Waals surface area (Å²) in [7, 11) is 1.53. The van der Waals surface area contributed by atoms with Gasteiger partial charge in [-0.1, -0.05) is 122 Å². The molecule has 0 radical (unpaired) electrons. The van der Waals surface area contributed by atoms with E-state index in [1.807, 2.05) is 33.3 Å². The molecule has 0 aliphatic rings. The van der Waals surface area contributed by atoms with Crippen molar-refractivity contribution in [3.63, 3.8) is 0 Å². The van der Waals surface area contributed by atoms with Crippen LogP contribution in [0, 0.1) is 0 Å². The molecule has 0 saturated carbocycles. The van der Waals surface area contributed by atoms with E-state index in [0.717, 1.165) is 64.2 Å². The Balaban J connectivity index is 4.44. The van der Waals surface area contributed by atoms with E-state index < -0.39 is 32.1 Å². The number of carbonyl (C=O) groups excluding carboxylic acids is 1. The van der Waals surface area contributed by atoms with E-state index >= 15 is 0 Å². The number of likely N-dealkylation sites (N-methyl/N-ethyl adjacent to an activating group) is 1. The van der Waals surface area contributed by atoms with Gasteiger partial charge in [-0.05, 0) is 76.7 Å². The molecule has 0 aromatic rings. The van der Waals surface area contributed by atoms with E-state index in [2.05, 4.69) is 32.1 Å². The molecule has 55 heavy (non-hydrogen) atoms. The first-order valence-electron chi connectivity index (χ1n) is 21.9. The van der Waals surface area contributed by atoms with Crippen LogP contribution in [-0.4, -0.2) is 91.4 Å². The number of nitrogens with zero attached hydrogens (tertiary/aromatic N) is 1. The molecule has 3 N–H and O–H groups in total. The molecule has 0 aromatic carbocycles. The van der Waals surface area contributed by atoms with Crippen LogP contribution in [0.15, 0.2) is 36.6 Å². The molecule has 0 aliphatic heterocycles. The molecule has 0 amide bonds. The van der Waals surface area contributed by atoms with Gasteiger partial charge in [0.05, 0.1) is 46.2 Å². The largest absolute Gasteiger partial charge is 0.498 e. The Morgan fingerprint density at radius 3 is 1.76 bits per heavy atom. The van der Waals surface area contributed by atoms with Crippen LogP contribution in [0.4, 0.5) is 0 Å². The first kappa shape index (κ1) is 53.5. The molecule has 0 rings (SSSR count). The van der Waals surface area contributed by atoms with Gasteiger partial charge in [0.1, 0.15) is 19.8 Å². The van der Waals surface area contributed by atoms with Crippen molar-refractivity contribution in [1.82, 2.24) is 0 Å². The zero-order valence-corrected chi connectivity index (χ0v) is 36.8. The van der Waals surface area contributed by atoms with Crippen LogP contribution in [0.5, 0.6) is 0 Å².